The number of nitrogens with one attached hydrogen (secondary N) is 1. The van der Waals surface area contributed by atoms with E-state index in [0.29, 0.717) is 11.7 Å². The molecule has 0 aliphatic carbocycles. The van der Waals surface area contributed by atoms with E-state index in [0.717, 1.165) is 21.3 Å². The number of rotatable bonds is 5. The highest BCUT2D eigenvalue weighted by Crippen LogP contribution is 2.30. The number of halogens is 1. The van der Waals surface area contributed by atoms with Crippen LogP contribution in [0.3, 0.4) is 0 Å². The molecular weight excluding hydrogens is 354 g/mol. The second-order valence-electron chi connectivity index (χ2n) is 6.01. The molecule has 1 N–H and O–H groups in total. The van der Waals surface area contributed by atoms with Crippen LogP contribution in [0.2, 0.25) is 0 Å². The van der Waals surface area contributed by atoms with Crippen LogP contribution < -0.4 is 10.1 Å². The molecule has 0 heterocycles. The van der Waals surface area contributed by atoms with Crippen molar-refractivity contribution in [2.24, 2.45) is 0 Å². The summed E-state index contributed by atoms with van der Waals surface area (Å²) in [5.41, 5.74) is 4.18. The molecule has 0 saturated carbocycles. The van der Waals surface area contributed by atoms with Crippen LogP contribution in [0.5, 0.6) is 5.75 Å². The summed E-state index contributed by atoms with van der Waals surface area (Å²) in [7, 11) is 0. The van der Waals surface area contributed by atoms with E-state index in [1.54, 1.807) is 0 Å². The van der Waals surface area contributed by atoms with Crippen LogP contribution in [0, 0.1) is 13.8 Å². The minimum absolute atomic E-state index is 0.0194. The maximum atomic E-state index is 12.0. The largest absolute Gasteiger partial charge is 0.482 e. The zero-order valence-corrected chi connectivity index (χ0v) is 15.5. The van der Waals surface area contributed by atoms with Crippen LogP contribution in [-0.2, 0) is 4.79 Å². The zero-order valence-electron chi connectivity index (χ0n) is 13.9. The number of carbonyl (C=O) groups is 1. The van der Waals surface area contributed by atoms with Crippen LogP contribution >= 0.6 is 15.9 Å². The molecule has 23 heavy (non-hydrogen) atoms. The Morgan fingerprint density at radius 2 is 1.83 bits per heavy atom. The topological polar surface area (TPSA) is 38.3 Å². The molecule has 2 aromatic carbocycles. The molecule has 0 saturated heterocycles. The van der Waals surface area contributed by atoms with Gasteiger partial charge in [0, 0.05) is 5.69 Å². The van der Waals surface area contributed by atoms with Gasteiger partial charge < -0.3 is 10.1 Å². The number of benzene rings is 2. The molecule has 1 amide bonds. The Bertz CT molecular complexity index is 670. The van der Waals surface area contributed by atoms with Crippen molar-refractivity contribution in [3.05, 3.63) is 57.6 Å². The Morgan fingerprint density at radius 1 is 1.17 bits per heavy atom. The van der Waals surface area contributed by atoms with Gasteiger partial charge in [-0.3, -0.25) is 4.79 Å². The number of anilines is 1. The summed E-state index contributed by atoms with van der Waals surface area (Å²) < 4.78 is 6.52. The molecule has 0 spiro atoms. The molecular formula is C19H22BrNO2. The van der Waals surface area contributed by atoms with E-state index in [1.807, 2.05) is 50.2 Å². The van der Waals surface area contributed by atoms with Crippen molar-refractivity contribution in [2.75, 3.05) is 11.9 Å². The molecule has 2 rings (SSSR count). The third-order valence-corrected chi connectivity index (χ3v) is 4.17. The molecule has 4 heteroatoms. The fourth-order valence-corrected chi connectivity index (χ4v) is 3.16. The number of hydrogen-bond donors (Lipinski definition) is 1. The first-order valence-electron chi connectivity index (χ1n) is 7.66. The minimum atomic E-state index is -0.172. The monoisotopic (exact) mass is 375 g/mol. The second-order valence-corrected chi connectivity index (χ2v) is 6.86. The lowest BCUT2D eigenvalue weighted by atomic mass is 10.0. The van der Waals surface area contributed by atoms with Gasteiger partial charge in [-0.25, -0.2) is 0 Å². The molecule has 0 radical (unpaired) electrons. The molecule has 0 atom stereocenters. The maximum absolute atomic E-state index is 12.0. The van der Waals surface area contributed by atoms with Crippen molar-refractivity contribution in [2.45, 2.75) is 33.6 Å². The first-order valence-corrected chi connectivity index (χ1v) is 8.45. The van der Waals surface area contributed by atoms with Gasteiger partial charge in [-0.15, -0.1) is 0 Å². The van der Waals surface area contributed by atoms with E-state index in [2.05, 4.69) is 35.1 Å². The van der Waals surface area contributed by atoms with Crippen molar-refractivity contribution >= 4 is 27.5 Å². The lowest BCUT2D eigenvalue weighted by Gasteiger charge is -2.12. The lowest BCUT2D eigenvalue weighted by Crippen LogP contribution is -2.20. The highest BCUT2D eigenvalue weighted by Gasteiger charge is 2.10. The van der Waals surface area contributed by atoms with Crippen molar-refractivity contribution in [1.29, 1.82) is 0 Å². The molecule has 3 nitrogen and oxygen atoms in total. The van der Waals surface area contributed by atoms with Gasteiger partial charge in [0.25, 0.3) is 5.91 Å². The Morgan fingerprint density at radius 3 is 2.39 bits per heavy atom. The summed E-state index contributed by atoms with van der Waals surface area (Å²) in [5, 5.41) is 2.85. The van der Waals surface area contributed by atoms with Gasteiger partial charge in [0.2, 0.25) is 0 Å². The molecule has 0 aromatic heterocycles. The van der Waals surface area contributed by atoms with Crippen molar-refractivity contribution in [3.8, 4) is 5.75 Å². The fraction of sp³-hybridized carbons (Fsp3) is 0.316. The van der Waals surface area contributed by atoms with E-state index >= 15 is 0 Å². The first-order chi connectivity index (χ1) is 10.9. The van der Waals surface area contributed by atoms with E-state index in [9.17, 15) is 4.79 Å². The van der Waals surface area contributed by atoms with E-state index in [1.165, 1.54) is 5.56 Å². The van der Waals surface area contributed by atoms with Gasteiger partial charge in [0.1, 0.15) is 5.75 Å². The maximum Gasteiger partial charge on any atom is 0.262 e. The average Bonchev–Trinajstić information content (AvgIpc) is 2.46. The SMILES string of the molecule is Cc1cc(C)c(OCC(=O)Nc2ccc(C(C)C)cc2)c(Br)c1. The molecule has 0 unspecified atom stereocenters. The van der Waals surface area contributed by atoms with Crippen molar-refractivity contribution < 1.29 is 9.53 Å². The Balaban J connectivity index is 1.95. The quantitative estimate of drug-likeness (QED) is 0.778. The highest BCUT2D eigenvalue weighted by atomic mass is 79.9. The Kier molecular flexibility index (Phi) is 5.83. The van der Waals surface area contributed by atoms with Gasteiger partial charge in [0.05, 0.1) is 4.47 Å². The minimum Gasteiger partial charge on any atom is -0.482 e. The van der Waals surface area contributed by atoms with Gasteiger partial charge in [0.15, 0.2) is 6.61 Å². The third-order valence-electron chi connectivity index (χ3n) is 3.58. The molecule has 122 valence electrons. The third kappa shape index (κ3) is 4.83. The normalized spacial score (nSPS) is 10.7. The first kappa shape index (κ1) is 17.5. The van der Waals surface area contributed by atoms with Gasteiger partial charge in [-0.05, 0) is 70.6 Å². The van der Waals surface area contributed by atoms with Crippen LogP contribution in [0.15, 0.2) is 40.9 Å². The van der Waals surface area contributed by atoms with E-state index in [4.69, 9.17) is 4.74 Å². The lowest BCUT2D eigenvalue weighted by molar-refractivity contribution is -0.118. The van der Waals surface area contributed by atoms with Crippen LogP contribution in [-0.4, -0.2) is 12.5 Å². The summed E-state index contributed by atoms with van der Waals surface area (Å²) in [5.74, 6) is 1.01. The zero-order chi connectivity index (χ0) is 17.0. The standard InChI is InChI=1S/C19H22BrNO2/c1-12(2)15-5-7-16(8-6-15)21-18(22)11-23-19-14(4)9-13(3)10-17(19)20/h5-10,12H,11H2,1-4H3,(H,21,22). The summed E-state index contributed by atoms with van der Waals surface area (Å²) in [4.78, 5) is 12.0. The van der Waals surface area contributed by atoms with Gasteiger partial charge in [-0.2, -0.15) is 0 Å². The Hall–Kier alpha value is -1.81. The molecule has 0 fully saturated rings. The molecule has 2 aromatic rings. The predicted molar refractivity (Wildman–Crippen MR) is 98.3 cm³/mol. The number of carbonyl (C=O) groups excluding carboxylic acids is 1. The van der Waals surface area contributed by atoms with Crippen molar-refractivity contribution in [3.63, 3.8) is 0 Å². The van der Waals surface area contributed by atoms with Crippen molar-refractivity contribution in [1.82, 2.24) is 0 Å². The van der Waals surface area contributed by atoms with Crippen LogP contribution in [0.4, 0.5) is 5.69 Å². The fourth-order valence-electron chi connectivity index (χ4n) is 2.37. The highest BCUT2D eigenvalue weighted by molar-refractivity contribution is 9.10. The van der Waals surface area contributed by atoms with Crippen LogP contribution in [0.25, 0.3) is 0 Å². The second kappa shape index (κ2) is 7.64. The average molecular weight is 376 g/mol. The number of ether oxygens (including phenoxy) is 1. The summed E-state index contributed by atoms with van der Waals surface area (Å²) >= 11 is 3.48. The molecule has 0 bridgehead atoms. The smallest absolute Gasteiger partial charge is 0.262 e. The number of aryl methyl sites for hydroxylation is 2. The molecule has 0 aliphatic rings. The van der Waals surface area contributed by atoms with E-state index in [-0.39, 0.29) is 12.5 Å². The predicted octanol–water partition coefficient (Wildman–Crippen LogP) is 5.21. The van der Waals surface area contributed by atoms with Gasteiger partial charge in [-0.1, -0.05) is 32.0 Å². The number of hydrogen-bond acceptors (Lipinski definition) is 2. The van der Waals surface area contributed by atoms with Gasteiger partial charge >= 0.3 is 0 Å². The summed E-state index contributed by atoms with van der Waals surface area (Å²) in [6, 6.07) is 11.9. The Labute approximate surface area is 146 Å². The molecule has 0 aliphatic heterocycles. The summed E-state index contributed by atoms with van der Waals surface area (Å²) in [6.07, 6.45) is 0. The van der Waals surface area contributed by atoms with Crippen LogP contribution in [0.1, 0.15) is 36.5 Å². The summed E-state index contributed by atoms with van der Waals surface area (Å²) in [6.45, 7) is 8.26. The number of amides is 1. The van der Waals surface area contributed by atoms with E-state index < -0.39 is 0 Å².